The molecule has 0 aliphatic heterocycles. The van der Waals surface area contributed by atoms with E-state index < -0.39 is 0 Å². The van der Waals surface area contributed by atoms with Gasteiger partial charge in [-0.15, -0.1) is 0 Å². The molecule has 1 N–H and O–H groups in total. The van der Waals surface area contributed by atoms with Crippen molar-refractivity contribution < 1.29 is 4.79 Å². The number of fused-ring (bicyclic) bond motifs is 1. The predicted octanol–water partition coefficient (Wildman–Crippen LogP) is 2.66. The van der Waals surface area contributed by atoms with Gasteiger partial charge in [-0.3, -0.25) is 9.20 Å². The number of amides is 1. The lowest BCUT2D eigenvalue weighted by Gasteiger charge is -2.05. The van der Waals surface area contributed by atoms with Gasteiger partial charge in [0.05, 0.1) is 0 Å². The summed E-state index contributed by atoms with van der Waals surface area (Å²) in [7, 11) is 0. The second-order valence-corrected chi connectivity index (χ2v) is 4.66. The van der Waals surface area contributed by atoms with Gasteiger partial charge in [-0.25, -0.2) is 9.97 Å². The van der Waals surface area contributed by atoms with Crippen LogP contribution in [0.25, 0.3) is 17.0 Å². The average molecular weight is 266 g/mol. The Morgan fingerprint density at radius 2 is 2.00 bits per heavy atom. The summed E-state index contributed by atoms with van der Waals surface area (Å²) < 4.78 is 1.80. The topological polar surface area (TPSA) is 59.3 Å². The van der Waals surface area contributed by atoms with Gasteiger partial charge < -0.3 is 5.32 Å². The third-order valence-corrected chi connectivity index (χ3v) is 2.95. The van der Waals surface area contributed by atoms with Gasteiger partial charge >= 0.3 is 0 Å². The molecule has 0 unspecified atom stereocenters. The zero-order chi connectivity index (χ0) is 14.1. The highest BCUT2D eigenvalue weighted by Gasteiger charge is 2.15. The van der Waals surface area contributed by atoms with Crippen molar-refractivity contribution in [2.45, 2.75) is 13.8 Å². The second kappa shape index (κ2) is 4.77. The van der Waals surface area contributed by atoms with Crippen molar-refractivity contribution in [3.63, 3.8) is 0 Å². The standard InChI is InChI=1S/C15H14N4O/c1-10-8-16-15-18-13(12-6-4-3-5-7-12)14(17-11(2)20)19(15)9-10/h3-9H,1-2H3,(H,17,20). The summed E-state index contributed by atoms with van der Waals surface area (Å²) in [5, 5.41) is 2.84. The Bertz CT molecular complexity index is 777. The van der Waals surface area contributed by atoms with Gasteiger partial charge in [0, 0.05) is 24.9 Å². The number of carbonyl (C=O) groups is 1. The molecule has 3 rings (SSSR count). The Morgan fingerprint density at radius 3 is 2.70 bits per heavy atom. The van der Waals surface area contributed by atoms with Crippen LogP contribution in [0.1, 0.15) is 12.5 Å². The Morgan fingerprint density at radius 1 is 1.25 bits per heavy atom. The Labute approximate surface area is 116 Å². The molecule has 0 bridgehead atoms. The quantitative estimate of drug-likeness (QED) is 0.775. The SMILES string of the molecule is CC(=O)Nc1c(-c2ccccc2)nc2ncc(C)cn12. The van der Waals surface area contributed by atoms with Crippen molar-refractivity contribution >= 4 is 17.5 Å². The third kappa shape index (κ3) is 2.14. The lowest BCUT2D eigenvalue weighted by Crippen LogP contribution is -2.09. The molecule has 0 spiro atoms. The van der Waals surface area contributed by atoms with E-state index in [1.165, 1.54) is 6.92 Å². The summed E-state index contributed by atoms with van der Waals surface area (Å²) in [5.41, 5.74) is 2.67. The molecule has 0 fully saturated rings. The molecule has 1 amide bonds. The Balaban J connectivity index is 2.28. The van der Waals surface area contributed by atoms with E-state index in [0.29, 0.717) is 11.6 Å². The normalized spacial score (nSPS) is 10.7. The molecule has 20 heavy (non-hydrogen) atoms. The number of rotatable bonds is 2. The number of carbonyl (C=O) groups excluding carboxylic acids is 1. The van der Waals surface area contributed by atoms with Crippen LogP contribution in [0.2, 0.25) is 0 Å². The van der Waals surface area contributed by atoms with Crippen molar-refractivity contribution in [3.8, 4) is 11.3 Å². The van der Waals surface area contributed by atoms with Crippen molar-refractivity contribution in [2.24, 2.45) is 0 Å². The van der Waals surface area contributed by atoms with Crippen LogP contribution in [0.4, 0.5) is 5.82 Å². The van der Waals surface area contributed by atoms with E-state index in [1.807, 2.05) is 43.5 Å². The number of aromatic nitrogens is 3. The predicted molar refractivity (Wildman–Crippen MR) is 77.5 cm³/mol. The van der Waals surface area contributed by atoms with Gasteiger partial charge in [0.15, 0.2) is 0 Å². The molecule has 0 radical (unpaired) electrons. The average Bonchev–Trinajstić information content (AvgIpc) is 2.77. The minimum absolute atomic E-state index is 0.134. The molecule has 0 saturated heterocycles. The van der Waals surface area contributed by atoms with Gasteiger partial charge in [0.1, 0.15) is 11.5 Å². The van der Waals surface area contributed by atoms with Crippen LogP contribution in [0.15, 0.2) is 42.7 Å². The Kier molecular flexibility index (Phi) is 2.95. The van der Waals surface area contributed by atoms with E-state index in [-0.39, 0.29) is 5.91 Å². The van der Waals surface area contributed by atoms with Crippen LogP contribution in [0.5, 0.6) is 0 Å². The Hall–Kier alpha value is -2.69. The molecule has 2 aromatic heterocycles. The fraction of sp³-hybridized carbons (Fsp3) is 0.133. The molecule has 2 heterocycles. The van der Waals surface area contributed by atoms with Gasteiger partial charge in [0.2, 0.25) is 11.7 Å². The molecule has 0 aliphatic rings. The summed E-state index contributed by atoms with van der Waals surface area (Å²) in [5.74, 6) is 1.08. The first-order valence-electron chi connectivity index (χ1n) is 6.33. The van der Waals surface area contributed by atoms with Gasteiger partial charge in [-0.2, -0.15) is 0 Å². The summed E-state index contributed by atoms with van der Waals surface area (Å²) in [6.45, 7) is 3.43. The van der Waals surface area contributed by atoms with Crippen LogP contribution in [-0.2, 0) is 4.79 Å². The molecule has 0 aliphatic carbocycles. The van der Waals surface area contributed by atoms with Gasteiger partial charge in [0.25, 0.3) is 0 Å². The van der Waals surface area contributed by atoms with E-state index in [2.05, 4.69) is 15.3 Å². The maximum absolute atomic E-state index is 11.5. The number of nitrogens with one attached hydrogen (secondary N) is 1. The fourth-order valence-corrected chi connectivity index (χ4v) is 2.11. The summed E-state index contributed by atoms with van der Waals surface area (Å²) in [6, 6.07) is 9.74. The summed E-state index contributed by atoms with van der Waals surface area (Å²) in [6.07, 6.45) is 3.67. The van der Waals surface area contributed by atoms with Crippen molar-refractivity contribution in [1.29, 1.82) is 0 Å². The van der Waals surface area contributed by atoms with E-state index >= 15 is 0 Å². The van der Waals surface area contributed by atoms with E-state index in [1.54, 1.807) is 10.6 Å². The maximum Gasteiger partial charge on any atom is 0.236 e. The number of aryl methyl sites for hydroxylation is 1. The fourth-order valence-electron chi connectivity index (χ4n) is 2.11. The summed E-state index contributed by atoms with van der Waals surface area (Å²) in [4.78, 5) is 20.3. The summed E-state index contributed by atoms with van der Waals surface area (Å²) >= 11 is 0. The monoisotopic (exact) mass is 266 g/mol. The molecule has 5 nitrogen and oxygen atoms in total. The lowest BCUT2D eigenvalue weighted by atomic mass is 10.1. The van der Waals surface area contributed by atoms with Gasteiger partial charge in [-0.05, 0) is 12.5 Å². The number of nitrogens with zero attached hydrogens (tertiary/aromatic N) is 3. The van der Waals surface area contributed by atoms with Crippen LogP contribution in [-0.4, -0.2) is 20.3 Å². The second-order valence-electron chi connectivity index (χ2n) is 4.66. The van der Waals surface area contributed by atoms with Crippen LogP contribution < -0.4 is 5.32 Å². The van der Waals surface area contributed by atoms with Crippen LogP contribution >= 0.6 is 0 Å². The number of hydrogen-bond acceptors (Lipinski definition) is 3. The van der Waals surface area contributed by atoms with E-state index in [4.69, 9.17) is 0 Å². The first kappa shape index (κ1) is 12.3. The molecule has 5 heteroatoms. The highest BCUT2D eigenvalue weighted by molar-refractivity contribution is 5.92. The van der Waals surface area contributed by atoms with Crippen molar-refractivity contribution in [1.82, 2.24) is 14.4 Å². The zero-order valence-corrected chi connectivity index (χ0v) is 11.3. The number of anilines is 1. The smallest absolute Gasteiger partial charge is 0.236 e. The number of benzene rings is 1. The maximum atomic E-state index is 11.5. The van der Waals surface area contributed by atoms with Crippen molar-refractivity contribution in [2.75, 3.05) is 5.32 Å². The molecule has 100 valence electrons. The molecule has 1 aromatic carbocycles. The number of hydrogen-bond donors (Lipinski definition) is 1. The third-order valence-electron chi connectivity index (χ3n) is 2.95. The molecular formula is C15H14N4O. The van der Waals surface area contributed by atoms with E-state index in [0.717, 1.165) is 16.8 Å². The molecule has 3 aromatic rings. The van der Waals surface area contributed by atoms with Crippen LogP contribution in [0.3, 0.4) is 0 Å². The first-order chi connectivity index (χ1) is 9.65. The zero-order valence-electron chi connectivity index (χ0n) is 11.3. The van der Waals surface area contributed by atoms with Crippen LogP contribution in [0, 0.1) is 6.92 Å². The minimum atomic E-state index is -0.134. The minimum Gasteiger partial charge on any atom is -0.310 e. The van der Waals surface area contributed by atoms with Crippen molar-refractivity contribution in [3.05, 3.63) is 48.3 Å². The lowest BCUT2D eigenvalue weighted by molar-refractivity contribution is -0.114. The highest BCUT2D eigenvalue weighted by atomic mass is 16.1. The molecule has 0 atom stereocenters. The molecule has 0 saturated carbocycles. The van der Waals surface area contributed by atoms with E-state index in [9.17, 15) is 4.79 Å². The first-order valence-corrected chi connectivity index (χ1v) is 6.33. The molecular weight excluding hydrogens is 252 g/mol. The highest BCUT2D eigenvalue weighted by Crippen LogP contribution is 2.28. The number of imidazole rings is 1. The van der Waals surface area contributed by atoms with Gasteiger partial charge in [-0.1, -0.05) is 30.3 Å². The largest absolute Gasteiger partial charge is 0.310 e.